The lowest BCUT2D eigenvalue weighted by molar-refractivity contribution is -0.129. The van der Waals surface area contributed by atoms with Crippen LogP contribution >= 0.6 is 0 Å². The van der Waals surface area contributed by atoms with E-state index in [1.54, 1.807) is 0 Å². The van der Waals surface area contributed by atoms with E-state index in [1.807, 2.05) is 33.1 Å². The van der Waals surface area contributed by atoms with Gasteiger partial charge in [0.15, 0.2) is 8.32 Å². The first-order chi connectivity index (χ1) is 16.2. The largest absolute Gasteiger partial charge is 0.415 e. The fourth-order valence-corrected chi connectivity index (χ4v) is 4.13. The van der Waals surface area contributed by atoms with Crippen molar-refractivity contribution in [3.63, 3.8) is 0 Å². The van der Waals surface area contributed by atoms with Crippen LogP contribution in [0.5, 0.6) is 0 Å². The van der Waals surface area contributed by atoms with Gasteiger partial charge in [0.25, 0.3) is 0 Å². The second kappa shape index (κ2) is 17.0. The molecule has 0 aromatic heterocycles. The standard InChI is InChI=1S/C25H53N5O4Si/c1-25(2,3)35(8,9)34-20-17-27-24(33)21(28-23(32)15-12-19-30(6)7)13-10-16-26-22(31)14-11-18-29(4)5/h21H,10-20H2,1-9H3,(H,26,31)(H,27,33)(H,28,32). The average Bonchev–Trinajstić information content (AvgIpc) is 2.71. The van der Waals surface area contributed by atoms with Gasteiger partial charge in [-0.1, -0.05) is 20.8 Å². The molecule has 35 heavy (non-hydrogen) atoms. The minimum absolute atomic E-state index is 0.0170. The van der Waals surface area contributed by atoms with E-state index in [0.29, 0.717) is 45.4 Å². The van der Waals surface area contributed by atoms with Crippen LogP contribution in [0.2, 0.25) is 18.1 Å². The van der Waals surface area contributed by atoms with Gasteiger partial charge in [0.1, 0.15) is 6.04 Å². The molecule has 0 heterocycles. The van der Waals surface area contributed by atoms with Gasteiger partial charge in [-0.15, -0.1) is 0 Å². The molecule has 1 atom stereocenters. The maximum absolute atomic E-state index is 12.8. The van der Waals surface area contributed by atoms with Gasteiger partial charge in [-0.2, -0.15) is 0 Å². The predicted molar refractivity (Wildman–Crippen MR) is 146 cm³/mol. The summed E-state index contributed by atoms with van der Waals surface area (Å²) in [5, 5.41) is 8.82. The van der Waals surface area contributed by atoms with Crippen LogP contribution in [0.25, 0.3) is 0 Å². The van der Waals surface area contributed by atoms with Crippen molar-refractivity contribution in [2.75, 3.05) is 61.0 Å². The summed E-state index contributed by atoms with van der Waals surface area (Å²) in [5.74, 6) is -0.317. The molecule has 10 heteroatoms. The van der Waals surface area contributed by atoms with Gasteiger partial charge in [0, 0.05) is 25.9 Å². The highest BCUT2D eigenvalue weighted by Crippen LogP contribution is 2.36. The maximum atomic E-state index is 12.8. The van der Waals surface area contributed by atoms with Crippen molar-refractivity contribution in [2.24, 2.45) is 0 Å². The third-order valence-electron chi connectivity index (χ3n) is 6.33. The first-order valence-electron chi connectivity index (χ1n) is 12.9. The van der Waals surface area contributed by atoms with Gasteiger partial charge in [-0.05, 0) is 85.1 Å². The van der Waals surface area contributed by atoms with E-state index in [2.05, 4.69) is 54.7 Å². The molecule has 206 valence electrons. The molecule has 0 fully saturated rings. The Morgan fingerprint density at radius 1 is 0.829 bits per heavy atom. The van der Waals surface area contributed by atoms with Crippen molar-refractivity contribution >= 4 is 26.0 Å². The van der Waals surface area contributed by atoms with Crippen molar-refractivity contribution in [2.45, 2.75) is 83.5 Å². The van der Waals surface area contributed by atoms with Crippen molar-refractivity contribution in [1.29, 1.82) is 0 Å². The first kappa shape index (κ1) is 33.5. The van der Waals surface area contributed by atoms with Crippen LogP contribution in [0.4, 0.5) is 0 Å². The Morgan fingerprint density at radius 3 is 1.89 bits per heavy atom. The molecule has 0 aliphatic rings. The lowest BCUT2D eigenvalue weighted by Crippen LogP contribution is -2.48. The van der Waals surface area contributed by atoms with E-state index >= 15 is 0 Å². The highest BCUT2D eigenvalue weighted by Gasteiger charge is 2.36. The van der Waals surface area contributed by atoms with Crippen molar-refractivity contribution in [3.05, 3.63) is 0 Å². The summed E-state index contributed by atoms with van der Waals surface area (Å²) in [4.78, 5) is 41.3. The van der Waals surface area contributed by atoms with Gasteiger partial charge in [-0.25, -0.2) is 0 Å². The number of nitrogens with zero attached hydrogens (tertiary/aromatic N) is 2. The average molecular weight is 516 g/mol. The summed E-state index contributed by atoms with van der Waals surface area (Å²) >= 11 is 0. The number of hydrogen-bond donors (Lipinski definition) is 3. The predicted octanol–water partition coefficient (Wildman–Crippen LogP) is 2.19. The van der Waals surface area contributed by atoms with Crippen molar-refractivity contribution in [3.8, 4) is 0 Å². The molecule has 0 aliphatic carbocycles. The second-order valence-corrected chi connectivity index (χ2v) is 16.1. The van der Waals surface area contributed by atoms with E-state index in [0.717, 1.165) is 25.9 Å². The molecule has 3 N–H and O–H groups in total. The van der Waals surface area contributed by atoms with E-state index in [9.17, 15) is 14.4 Å². The summed E-state index contributed by atoms with van der Waals surface area (Å²) < 4.78 is 6.13. The van der Waals surface area contributed by atoms with Crippen LogP contribution in [-0.2, 0) is 18.8 Å². The fraction of sp³-hybridized carbons (Fsp3) is 0.880. The lowest BCUT2D eigenvalue weighted by atomic mass is 10.1. The summed E-state index contributed by atoms with van der Waals surface area (Å²) in [5.41, 5.74) is 0. The Balaban J connectivity index is 4.66. The van der Waals surface area contributed by atoms with E-state index in [1.165, 1.54) is 0 Å². The molecule has 0 rings (SSSR count). The smallest absolute Gasteiger partial charge is 0.242 e. The minimum Gasteiger partial charge on any atom is -0.415 e. The number of nitrogens with one attached hydrogen (secondary N) is 3. The topological polar surface area (TPSA) is 103 Å². The quantitative estimate of drug-likeness (QED) is 0.191. The molecule has 1 unspecified atom stereocenters. The van der Waals surface area contributed by atoms with Crippen LogP contribution in [0, 0.1) is 0 Å². The van der Waals surface area contributed by atoms with Crippen LogP contribution in [-0.4, -0.2) is 103 Å². The van der Waals surface area contributed by atoms with Gasteiger partial charge >= 0.3 is 0 Å². The summed E-state index contributed by atoms with van der Waals surface area (Å²) in [6.45, 7) is 13.9. The van der Waals surface area contributed by atoms with Gasteiger partial charge < -0.3 is 30.2 Å². The van der Waals surface area contributed by atoms with E-state index < -0.39 is 14.4 Å². The van der Waals surface area contributed by atoms with E-state index in [4.69, 9.17) is 4.43 Å². The SMILES string of the molecule is CN(C)CCCC(=O)NCCCC(NC(=O)CCCN(C)C)C(=O)NCCO[Si](C)(C)C(C)(C)C. The molecule has 0 saturated carbocycles. The third-order valence-corrected chi connectivity index (χ3v) is 10.9. The Morgan fingerprint density at radius 2 is 1.37 bits per heavy atom. The van der Waals surface area contributed by atoms with Gasteiger partial charge in [0.2, 0.25) is 17.7 Å². The molecule has 0 aromatic carbocycles. The summed E-state index contributed by atoms with van der Waals surface area (Å²) in [6.07, 6.45) is 3.47. The Kier molecular flexibility index (Phi) is 16.3. The molecule has 0 saturated heterocycles. The molecule has 0 aliphatic heterocycles. The van der Waals surface area contributed by atoms with Crippen LogP contribution in [0.3, 0.4) is 0 Å². The Bertz CT molecular complexity index is 636. The summed E-state index contributed by atoms with van der Waals surface area (Å²) in [6, 6.07) is -0.625. The second-order valence-electron chi connectivity index (χ2n) is 11.3. The normalized spacial score (nSPS) is 13.1. The zero-order valence-electron chi connectivity index (χ0n) is 23.9. The first-order valence-corrected chi connectivity index (χ1v) is 15.8. The number of rotatable bonds is 18. The highest BCUT2D eigenvalue weighted by atomic mass is 28.4. The molecular formula is C25H53N5O4Si. The zero-order chi connectivity index (χ0) is 27.1. The van der Waals surface area contributed by atoms with Crippen LogP contribution in [0.15, 0.2) is 0 Å². The Labute approximate surface area is 215 Å². The molecule has 0 radical (unpaired) electrons. The maximum Gasteiger partial charge on any atom is 0.242 e. The van der Waals surface area contributed by atoms with Crippen LogP contribution in [0.1, 0.15) is 59.3 Å². The van der Waals surface area contributed by atoms with Gasteiger partial charge in [-0.3, -0.25) is 14.4 Å². The highest BCUT2D eigenvalue weighted by molar-refractivity contribution is 6.74. The number of carbonyl (C=O) groups excluding carboxylic acids is 3. The summed E-state index contributed by atoms with van der Waals surface area (Å²) in [7, 11) is 6.03. The third kappa shape index (κ3) is 16.7. The van der Waals surface area contributed by atoms with E-state index in [-0.39, 0.29) is 22.8 Å². The fourth-order valence-electron chi connectivity index (χ4n) is 3.09. The molecule has 0 aromatic rings. The molecule has 0 bridgehead atoms. The number of carbonyl (C=O) groups is 3. The molecule has 0 spiro atoms. The molecular weight excluding hydrogens is 462 g/mol. The van der Waals surface area contributed by atoms with Crippen molar-refractivity contribution in [1.82, 2.24) is 25.8 Å². The monoisotopic (exact) mass is 515 g/mol. The number of amides is 3. The van der Waals surface area contributed by atoms with Crippen molar-refractivity contribution < 1.29 is 18.8 Å². The van der Waals surface area contributed by atoms with Crippen LogP contribution < -0.4 is 16.0 Å². The number of hydrogen-bond acceptors (Lipinski definition) is 6. The van der Waals surface area contributed by atoms with Gasteiger partial charge in [0.05, 0.1) is 6.61 Å². The Hall–Kier alpha value is -1.49. The lowest BCUT2D eigenvalue weighted by Gasteiger charge is -2.36. The zero-order valence-corrected chi connectivity index (χ0v) is 24.9. The minimum atomic E-state index is -1.88. The molecule has 9 nitrogen and oxygen atoms in total. The molecule has 3 amide bonds.